The van der Waals surface area contributed by atoms with E-state index in [-0.39, 0.29) is 17.7 Å². The maximum atomic E-state index is 11.8. The highest BCUT2D eigenvalue weighted by Crippen LogP contribution is 2.37. The molecule has 1 aromatic carbocycles. The van der Waals surface area contributed by atoms with Crippen molar-refractivity contribution in [1.82, 2.24) is 0 Å². The van der Waals surface area contributed by atoms with Crippen molar-refractivity contribution < 1.29 is 19.1 Å². The Hall–Kier alpha value is -2.10. The monoisotopic (exact) mass is 288 g/mol. The van der Waals surface area contributed by atoms with Gasteiger partial charge in [-0.25, -0.2) is 0 Å². The molecule has 0 aliphatic heterocycles. The van der Waals surface area contributed by atoms with Gasteiger partial charge < -0.3 is 9.47 Å². The molecule has 0 bridgehead atoms. The Kier molecular flexibility index (Phi) is 5.14. The first-order chi connectivity index (χ1) is 10.2. The van der Waals surface area contributed by atoms with E-state index >= 15 is 0 Å². The molecular formula is C17H20O4. The van der Waals surface area contributed by atoms with Gasteiger partial charge in [-0.3, -0.25) is 9.59 Å². The van der Waals surface area contributed by atoms with Crippen LogP contribution in [0, 0.1) is 5.92 Å². The van der Waals surface area contributed by atoms with Gasteiger partial charge in [0.2, 0.25) is 0 Å². The number of allylic oxidation sites excluding steroid dienone is 2. The Morgan fingerprint density at radius 3 is 2.81 bits per heavy atom. The Morgan fingerprint density at radius 1 is 1.33 bits per heavy atom. The number of hydrogen-bond acceptors (Lipinski definition) is 4. The zero-order chi connectivity index (χ0) is 15.2. The summed E-state index contributed by atoms with van der Waals surface area (Å²) < 4.78 is 10.4. The highest BCUT2D eigenvalue weighted by Gasteiger charge is 2.27. The molecular weight excluding hydrogens is 268 g/mol. The quantitative estimate of drug-likeness (QED) is 0.782. The summed E-state index contributed by atoms with van der Waals surface area (Å²) in [5.74, 6) is 0.582. The molecule has 2 rings (SSSR count). The maximum Gasteiger partial charge on any atom is 0.306 e. The molecule has 4 heteroatoms. The van der Waals surface area contributed by atoms with E-state index < -0.39 is 0 Å². The van der Waals surface area contributed by atoms with Gasteiger partial charge in [0.05, 0.1) is 20.1 Å². The number of benzene rings is 1. The molecule has 0 aromatic heterocycles. The van der Waals surface area contributed by atoms with Crippen LogP contribution < -0.4 is 4.74 Å². The predicted octanol–water partition coefficient (Wildman–Crippen LogP) is 3.01. The zero-order valence-corrected chi connectivity index (χ0v) is 12.4. The molecule has 0 fully saturated rings. The average molecular weight is 288 g/mol. The second kappa shape index (κ2) is 7.07. The number of ketones is 1. The summed E-state index contributed by atoms with van der Waals surface area (Å²) in [4.78, 5) is 23.5. The smallest absolute Gasteiger partial charge is 0.306 e. The number of rotatable bonds is 5. The van der Waals surface area contributed by atoms with Crippen LogP contribution in [0.2, 0.25) is 0 Å². The Morgan fingerprint density at radius 2 is 2.10 bits per heavy atom. The Bertz CT molecular complexity index is 560. The molecule has 0 N–H and O–H groups in total. The van der Waals surface area contributed by atoms with Gasteiger partial charge in [0.15, 0.2) is 5.78 Å². The van der Waals surface area contributed by atoms with Crippen molar-refractivity contribution in [2.24, 2.45) is 5.92 Å². The van der Waals surface area contributed by atoms with E-state index in [0.717, 1.165) is 11.1 Å². The van der Waals surface area contributed by atoms with Crippen LogP contribution in [-0.4, -0.2) is 25.5 Å². The van der Waals surface area contributed by atoms with Crippen molar-refractivity contribution >= 4 is 17.3 Å². The number of ether oxygens (including phenoxy) is 2. The molecule has 0 saturated carbocycles. The Balaban J connectivity index is 2.31. The molecule has 112 valence electrons. The van der Waals surface area contributed by atoms with Crippen molar-refractivity contribution in [2.75, 3.05) is 13.7 Å². The molecule has 1 atom stereocenters. The van der Waals surface area contributed by atoms with Crippen LogP contribution in [0.25, 0.3) is 5.57 Å². The van der Waals surface area contributed by atoms with Crippen molar-refractivity contribution in [3.05, 3.63) is 35.9 Å². The fraction of sp³-hybridized carbons (Fsp3) is 0.412. The topological polar surface area (TPSA) is 52.6 Å². The second-order valence-electron chi connectivity index (χ2n) is 5.01. The summed E-state index contributed by atoms with van der Waals surface area (Å²) in [7, 11) is 1.60. The number of para-hydroxylation sites is 1. The van der Waals surface area contributed by atoms with Gasteiger partial charge in [0, 0.05) is 12.0 Å². The predicted molar refractivity (Wildman–Crippen MR) is 80.0 cm³/mol. The first kappa shape index (κ1) is 15.3. The standard InChI is InChI=1S/C17H20O4/c1-3-21-17(19)10-12-8-9-13(18)11-15(12)14-6-4-5-7-16(14)20-2/h4-7,11-12H,3,8-10H2,1-2H3. The number of carbonyl (C=O) groups is 2. The summed E-state index contributed by atoms with van der Waals surface area (Å²) >= 11 is 0. The first-order valence-electron chi connectivity index (χ1n) is 7.19. The van der Waals surface area contributed by atoms with Crippen LogP contribution >= 0.6 is 0 Å². The van der Waals surface area contributed by atoms with Gasteiger partial charge in [0.1, 0.15) is 5.75 Å². The van der Waals surface area contributed by atoms with E-state index in [9.17, 15) is 9.59 Å². The minimum Gasteiger partial charge on any atom is -0.496 e. The lowest BCUT2D eigenvalue weighted by atomic mass is 9.81. The van der Waals surface area contributed by atoms with Crippen molar-refractivity contribution in [1.29, 1.82) is 0 Å². The lowest BCUT2D eigenvalue weighted by Gasteiger charge is -2.24. The molecule has 0 heterocycles. The van der Waals surface area contributed by atoms with Crippen molar-refractivity contribution in [3.63, 3.8) is 0 Å². The van der Waals surface area contributed by atoms with E-state index in [1.807, 2.05) is 24.3 Å². The molecule has 1 unspecified atom stereocenters. The lowest BCUT2D eigenvalue weighted by Crippen LogP contribution is -2.18. The average Bonchev–Trinajstić information content (AvgIpc) is 2.49. The van der Waals surface area contributed by atoms with Crippen LogP contribution in [-0.2, 0) is 14.3 Å². The highest BCUT2D eigenvalue weighted by atomic mass is 16.5. The normalized spacial score (nSPS) is 18.1. The molecule has 1 aliphatic carbocycles. The fourth-order valence-electron chi connectivity index (χ4n) is 2.65. The van der Waals surface area contributed by atoms with E-state index in [0.29, 0.717) is 31.6 Å². The SMILES string of the molecule is CCOC(=O)CC1CCC(=O)C=C1c1ccccc1OC. The lowest BCUT2D eigenvalue weighted by molar-refractivity contribution is -0.144. The minimum absolute atomic E-state index is 0.00181. The van der Waals surface area contributed by atoms with Crippen LogP contribution in [0.4, 0.5) is 0 Å². The molecule has 0 amide bonds. The van der Waals surface area contributed by atoms with E-state index in [2.05, 4.69) is 0 Å². The molecule has 21 heavy (non-hydrogen) atoms. The summed E-state index contributed by atoms with van der Waals surface area (Å²) in [6.45, 7) is 2.16. The van der Waals surface area contributed by atoms with Gasteiger partial charge in [0.25, 0.3) is 0 Å². The highest BCUT2D eigenvalue weighted by molar-refractivity contribution is 6.00. The van der Waals surface area contributed by atoms with Crippen molar-refractivity contribution in [3.8, 4) is 5.75 Å². The minimum atomic E-state index is -0.224. The molecule has 1 aromatic rings. The van der Waals surface area contributed by atoms with E-state index in [1.165, 1.54) is 0 Å². The molecule has 0 radical (unpaired) electrons. The summed E-state index contributed by atoms with van der Waals surface area (Å²) in [6, 6.07) is 7.56. The molecule has 0 spiro atoms. The zero-order valence-electron chi connectivity index (χ0n) is 12.4. The summed E-state index contributed by atoms with van der Waals surface area (Å²) in [5, 5.41) is 0. The number of methoxy groups -OCH3 is 1. The second-order valence-corrected chi connectivity index (χ2v) is 5.01. The number of esters is 1. The van der Waals surface area contributed by atoms with Gasteiger partial charge >= 0.3 is 5.97 Å². The molecule has 0 saturated heterocycles. The van der Waals surface area contributed by atoms with Gasteiger partial charge in [-0.15, -0.1) is 0 Å². The van der Waals surface area contributed by atoms with E-state index in [1.54, 1.807) is 20.1 Å². The molecule has 1 aliphatic rings. The third kappa shape index (κ3) is 3.72. The van der Waals surface area contributed by atoms with Gasteiger partial charge in [-0.05, 0) is 37.0 Å². The first-order valence-corrected chi connectivity index (χ1v) is 7.19. The number of hydrogen-bond donors (Lipinski definition) is 0. The summed E-state index contributed by atoms with van der Waals surface area (Å²) in [6.07, 6.45) is 3.08. The number of carbonyl (C=O) groups excluding carboxylic acids is 2. The largest absolute Gasteiger partial charge is 0.496 e. The van der Waals surface area contributed by atoms with E-state index in [4.69, 9.17) is 9.47 Å². The fourth-order valence-corrected chi connectivity index (χ4v) is 2.65. The van der Waals surface area contributed by atoms with Crippen LogP contribution in [0.3, 0.4) is 0 Å². The van der Waals surface area contributed by atoms with Crippen LogP contribution in [0.15, 0.2) is 30.3 Å². The maximum absolute atomic E-state index is 11.8. The Labute approximate surface area is 124 Å². The van der Waals surface area contributed by atoms with Gasteiger partial charge in [-0.2, -0.15) is 0 Å². The van der Waals surface area contributed by atoms with Gasteiger partial charge in [-0.1, -0.05) is 18.2 Å². The third-order valence-electron chi connectivity index (χ3n) is 3.63. The third-order valence-corrected chi connectivity index (χ3v) is 3.63. The van der Waals surface area contributed by atoms with Crippen LogP contribution in [0.5, 0.6) is 5.75 Å². The van der Waals surface area contributed by atoms with Crippen LogP contribution in [0.1, 0.15) is 31.7 Å². The van der Waals surface area contributed by atoms with Crippen molar-refractivity contribution in [2.45, 2.75) is 26.2 Å². The molecule has 4 nitrogen and oxygen atoms in total. The summed E-state index contributed by atoms with van der Waals surface area (Å²) in [5.41, 5.74) is 1.75.